The zero-order valence-electron chi connectivity index (χ0n) is 19.3. The fourth-order valence-corrected chi connectivity index (χ4v) is 4.79. The van der Waals surface area contributed by atoms with Crippen molar-refractivity contribution in [1.29, 1.82) is 0 Å². The van der Waals surface area contributed by atoms with E-state index in [1.165, 1.54) is 23.7 Å². The molecule has 3 heterocycles. The minimum Gasteiger partial charge on any atom is -0.378 e. The maximum absolute atomic E-state index is 7.31. The molecule has 1 fully saturated rings. The highest BCUT2D eigenvalue weighted by atomic mass is 15.1. The third kappa shape index (κ3) is 4.22. The van der Waals surface area contributed by atoms with Crippen molar-refractivity contribution in [3.63, 3.8) is 0 Å². The fraction of sp³-hybridized carbons (Fsp3) is 0.286. The summed E-state index contributed by atoms with van der Waals surface area (Å²) in [5.74, 6) is 0.696. The Labute approximate surface area is 195 Å². The van der Waals surface area contributed by atoms with Gasteiger partial charge in [-0.1, -0.05) is 36.4 Å². The zero-order chi connectivity index (χ0) is 22.8. The molecule has 5 rings (SSSR count). The third-order valence-electron chi connectivity index (χ3n) is 6.68. The van der Waals surface area contributed by atoms with Gasteiger partial charge in [0.2, 0.25) is 0 Å². The highest BCUT2D eigenvalue weighted by molar-refractivity contribution is 6.01. The fourth-order valence-electron chi connectivity index (χ4n) is 4.79. The number of hydrogen-bond acceptors (Lipinski definition) is 3. The molecular weight excluding hydrogens is 406 g/mol. The van der Waals surface area contributed by atoms with Gasteiger partial charge in [-0.05, 0) is 55.6 Å². The van der Waals surface area contributed by atoms with Gasteiger partial charge < -0.3 is 14.8 Å². The highest BCUT2D eigenvalue weighted by Crippen LogP contribution is 2.38. The molecule has 33 heavy (non-hydrogen) atoms. The number of fused-ring (bicyclic) bond motifs is 1. The lowest BCUT2D eigenvalue weighted by atomic mass is 9.95. The molecule has 0 spiro atoms. The average molecular weight is 436 g/mol. The first-order valence-corrected chi connectivity index (χ1v) is 11.6. The summed E-state index contributed by atoms with van der Waals surface area (Å²) in [5, 5.41) is 4.67. The van der Waals surface area contributed by atoms with Gasteiger partial charge >= 0.3 is 0 Å². The molecule has 0 unspecified atom stereocenters. The quantitative estimate of drug-likeness (QED) is 0.392. The van der Waals surface area contributed by atoms with Crippen molar-refractivity contribution in [1.82, 2.24) is 14.9 Å². The number of benzene rings is 2. The van der Waals surface area contributed by atoms with Gasteiger partial charge in [-0.25, -0.2) is 4.85 Å². The maximum Gasteiger partial charge on any atom is 0.187 e. The molecule has 0 atom stereocenters. The molecule has 0 saturated carbocycles. The molecule has 0 aliphatic carbocycles. The topological polar surface area (TPSA) is 37.5 Å². The van der Waals surface area contributed by atoms with Crippen LogP contribution in [0.25, 0.3) is 38.1 Å². The molecular formula is C28H29N5. The molecule has 1 aliphatic rings. The van der Waals surface area contributed by atoms with Crippen LogP contribution in [0.5, 0.6) is 0 Å². The Bertz CT molecular complexity index is 1290. The molecule has 166 valence electrons. The number of rotatable bonds is 5. The van der Waals surface area contributed by atoms with Gasteiger partial charge in [0.05, 0.1) is 24.0 Å². The summed E-state index contributed by atoms with van der Waals surface area (Å²) in [6, 6.07) is 18.7. The van der Waals surface area contributed by atoms with E-state index in [2.05, 4.69) is 70.3 Å². The summed E-state index contributed by atoms with van der Waals surface area (Å²) in [6.07, 6.45) is 6.68. The minimum atomic E-state index is 0.652. The normalized spacial score (nSPS) is 14.3. The average Bonchev–Trinajstić information content (AvgIpc) is 3.27. The van der Waals surface area contributed by atoms with Crippen LogP contribution in [0.4, 0.5) is 11.4 Å². The van der Waals surface area contributed by atoms with E-state index in [1.54, 1.807) is 0 Å². The molecule has 4 aromatic rings. The van der Waals surface area contributed by atoms with Crippen LogP contribution in [0, 0.1) is 12.5 Å². The Morgan fingerprint density at radius 1 is 1.00 bits per heavy atom. The summed E-state index contributed by atoms with van der Waals surface area (Å²) in [4.78, 5) is 10.7. The van der Waals surface area contributed by atoms with Gasteiger partial charge in [0.1, 0.15) is 0 Å². The summed E-state index contributed by atoms with van der Waals surface area (Å²) in [7, 11) is 4.10. The lowest BCUT2D eigenvalue weighted by molar-refractivity contribution is 0.337. The Balaban J connectivity index is 1.63. The van der Waals surface area contributed by atoms with Gasteiger partial charge in [0.15, 0.2) is 5.69 Å². The van der Waals surface area contributed by atoms with E-state index in [0.717, 1.165) is 47.7 Å². The van der Waals surface area contributed by atoms with Crippen molar-refractivity contribution < 1.29 is 0 Å². The first kappa shape index (κ1) is 21.2. The standard InChI is InChI=1S/C28H29N5/c1-29-23-8-4-21(5-9-23)27-25-14-17-33(19-20-12-15-30-16-13-20)26(25)18-31-28(27)22-6-10-24(11-7-22)32(2)3/h4-11,14,17-18,20,30H,12-13,15-16,19H2,2-3H3. The summed E-state index contributed by atoms with van der Waals surface area (Å²) >= 11 is 0. The van der Waals surface area contributed by atoms with Crippen molar-refractivity contribution in [3.8, 4) is 22.4 Å². The summed E-state index contributed by atoms with van der Waals surface area (Å²) < 4.78 is 2.37. The lowest BCUT2D eigenvalue weighted by Crippen LogP contribution is -2.29. The van der Waals surface area contributed by atoms with Gasteiger partial charge in [0, 0.05) is 49.0 Å². The number of pyridine rings is 1. The van der Waals surface area contributed by atoms with Crippen molar-refractivity contribution in [2.45, 2.75) is 19.4 Å². The number of anilines is 1. The minimum absolute atomic E-state index is 0.652. The van der Waals surface area contributed by atoms with Crippen LogP contribution < -0.4 is 10.2 Å². The Hall–Kier alpha value is -3.62. The highest BCUT2D eigenvalue weighted by Gasteiger charge is 2.19. The van der Waals surface area contributed by atoms with Crippen molar-refractivity contribution in [2.75, 3.05) is 32.1 Å². The monoisotopic (exact) mass is 435 g/mol. The molecule has 2 aromatic heterocycles. The molecule has 1 saturated heterocycles. The molecule has 0 radical (unpaired) electrons. The largest absolute Gasteiger partial charge is 0.378 e. The number of hydrogen-bond donors (Lipinski definition) is 1. The number of nitrogens with one attached hydrogen (secondary N) is 1. The van der Waals surface area contributed by atoms with Gasteiger partial charge in [-0.3, -0.25) is 4.98 Å². The molecule has 0 amide bonds. The molecule has 5 nitrogen and oxygen atoms in total. The van der Waals surface area contributed by atoms with Crippen LogP contribution >= 0.6 is 0 Å². The Morgan fingerprint density at radius 3 is 2.36 bits per heavy atom. The number of piperidine rings is 1. The number of nitrogens with zero attached hydrogens (tertiary/aromatic N) is 4. The summed E-state index contributed by atoms with van der Waals surface area (Å²) in [5.41, 5.74) is 7.28. The molecule has 1 N–H and O–H groups in total. The number of aromatic nitrogens is 2. The third-order valence-corrected chi connectivity index (χ3v) is 6.68. The van der Waals surface area contributed by atoms with E-state index in [1.807, 2.05) is 30.5 Å². The lowest BCUT2D eigenvalue weighted by Gasteiger charge is -2.23. The predicted molar refractivity (Wildman–Crippen MR) is 137 cm³/mol. The first-order chi connectivity index (χ1) is 16.1. The van der Waals surface area contributed by atoms with E-state index in [9.17, 15) is 0 Å². The molecule has 0 bridgehead atoms. The van der Waals surface area contributed by atoms with Crippen molar-refractivity contribution in [2.24, 2.45) is 5.92 Å². The summed E-state index contributed by atoms with van der Waals surface area (Å²) in [6.45, 7) is 10.5. The zero-order valence-corrected chi connectivity index (χ0v) is 19.3. The van der Waals surface area contributed by atoms with Crippen molar-refractivity contribution >= 4 is 22.3 Å². The second-order valence-corrected chi connectivity index (χ2v) is 9.04. The van der Waals surface area contributed by atoms with Gasteiger partial charge in [-0.2, -0.15) is 0 Å². The van der Waals surface area contributed by atoms with E-state index >= 15 is 0 Å². The van der Waals surface area contributed by atoms with Gasteiger partial charge in [-0.15, -0.1) is 0 Å². The Morgan fingerprint density at radius 2 is 1.70 bits per heavy atom. The molecule has 5 heteroatoms. The van der Waals surface area contributed by atoms with Crippen LogP contribution in [-0.4, -0.2) is 36.7 Å². The van der Waals surface area contributed by atoms with E-state index in [4.69, 9.17) is 11.6 Å². The maximum atomic E-state index is 7.31. The van der Waals surface area contributed by atoms with Crippen LogP contribution in [0.1, 0.15) is 12.8 Å². The molecule has 1 aliphatic heterocycles. The van der Waals surface area contributed by atoms with Crippen LogP contribution in [0.3, 0.4) is 0 Å². The SMILES string of the molecule is [C-]#[N+]c1ccc(-c2c(-c3ccc(N(C)C)cc3)ncc3c2ccn3CC2CCNCC2)cc1. The predicted octanol–water partition coefficient (Wildman–Crippen LogP) is 5.99. The smallest absolute Gasteiger partial charge is 0.187 e. The van der Waals surface area contributed by atoms with Crippen LogP contribution in [0.2, 0.25) is 0 Å². The van der Waals surface area contributed by atoms with Crippen LogP contribution in [-0.2, 0) is 6.54 Å². The second kappa shape index (κ2) is 9.09. The second-order valence-electron chi connectivity index (χ2n) is 9.04. The van der Waals surface area contributed by atoms with E-state index in [0.29, 0.717) is 11.6 Å². The van der Waals surface area contributed by atoms with Crippen LogP contribution in [0.15, 0.2) is 67.0 Å². The first-order valence-electron chi connectivity index (χ1n) is 11.6. The van der Waals surface area contributed by atoms with E-state index in [-0.39, 0.29) is 0 Å². The van der Waals surface area contributed by atoms with Gasteiger partial charge in [0.25, 0.3) is 0 Å². The van der Waals surface area contributed by atoms with Crippen molar-refractivity contribution in [3.05, 3.63) is 78.4 Å². The Kier molecular flexibility index (Phi) is 5.85. The molecule has 2 aromatic carbocycles. The van der Waals surface area contributed by atoms with E-state index < -0.39 is 0 Å².